The van der Waals surface area contributed by atoms with Gasteiger partial charge in [-0.3, -0.25) is 0 Å². The van der Waals surface area contributed by atoms with E-state index >= 15 is 0 Å². The van der Waals surface area contributed by atoms with Gasteiger partial charge in [0.05, 0.1) is 5.69 Å². The second-order valence-corrected chi connectivity index (χ2v) is 6.33. The van der Waals surface area contributed by atoms with Crippen molar-refractivity contribution in [2.45, 2.75) is 39.3 Å². The summed E-state index contributed by atoms with van der Waals surface area (Å²) in [5.41, 5.74) is 2.32. The number of nitrogens with one attached hydrogen (secondary N) is 1. The van der Waals surface area contributed by atoms with Crippen LogP contribution in [-0.2, 0) is 0 Å². The number of piperazine rings is 1. The van der Waals surface area contributed by atoms with Crippen LogP contribution in [0.15, 0.2) is 16.6 Å². The number of anilines is 1. The largest absolute Gasteiger partial charge is 0.365 e. The molecule has 1 heterocycles. The molecular weight excluding hydrogens is 312 g/mol. The van der Waals surface area contributed by atoms with Crippen LogP contribution >= 0.6 is 27.5 Å². The molecule has 2 atom stereocenters. The van der Waals surface area contributed by atoms with Crippen LogP contribution in [0.4, 0.5) is 5.69 Å². The maximum atomic E-state index is 6.26. The summed E-state index contributed by atoms with van der Waals surface area (Å²) in [6.07, 6.45) is 1.15. The number of aryl methyl sites for hydroxylation is 1. The summed E-state index contributed by atoms with van der Waals surface area (Å²) in [6.45, 7) is 8.57. The Hall–Kier alpha value is -0.250. The lowest BCUT2D eigenvalue weighted by Crippen LogP contribution is -2.55. The van der Waals surface area contributed by atoms with Crippen molar-refractivity contribution in [3.05, 3.63) is 27.2 Å². The molecule has 0 saturated carbocycles. The Morgan fingerprint density at radius 3 is 2.89 bits per heavy atom. The minimum atomic E-state index is 0.489. The van der Waals surface area contributed by atoms with Gasteiger partial charge in [-0.2, -0.15) is 0 Å². The highest BCUT2D eigenvalue weighted by Gasteiger charge is 2.25. The van der Waals surface area contributed by atoms with E-state index in [9.17, 15) is 0 Å². The number of hydrogen-bond acceptors (Lipinski definition) is 2. The Balaban J connectivity index is 2.31. The van der Waals surface area contributed by atoms with E-state index in [1.54, 1.807) is 0 Å². The van der Waals surface area contributed by atoms with Crippen molar-refractivity contribution >= 4 is 33.2 Å². The van der Waals surface area contributed by atoms with Crippen LogP contribution in [0.2, 0.25) is 5.02 Å². The molecule has 2 unspecified atom stereocenters. The first kappa shape index (κ1) is 14.2. The van der Waals surface area contributed by atoms with Gasteiger partial charge in [-0.15, -0.1) is 0 Å². The highest BCUT2D eigenvalue weighted by atomic mass is 79.9. The standard InChI is InChI=1S/C14H20BrClN2/c1-4-11-8-18(10(3)7-17-11)14-6-13(16)9(2)5-12(14)15/h5-6,10-11,17H,4,7-8H2,1-3H3. The molecule has 1 aliphatic heterocycles. The predicted octanol–water partition coefficient (Wildman–Crippen LogP) is 3.99. The third kappa shape index (κ3) is 2.84. The molecule has 0 spiro atoms. The Kier molecular flexibility index (Phi) is 4.57. The molecule has 1 fully saturated rings. The molecule has 1 N–H and O–H groups in total. The first-order chi connectivity index (χ1) is 8.52. The second-order valence-electron chi connectivity index (χ2n) is 5.07. The summed E-state index contributed by atoms with van der Waals surface area (Å²) >= 11 is 9.93. The van der Waals surface area contributed by atoms with Gasteiger partial charge in [-0.25, -0.2) is 0 Å². The van der Waals surface area contributed by atoms with Gasteiger partial charge in [0.15, 0.2) is 0 Å². The quantitative estimate of drug-likeness (QED) is 0.881. The molecule has 2 nitrogen and oxygen atoms in total. The third-order valence-corrected chi connectivity index (χ3v) is 4.72. The fourth-order valence-corrected chi connectivity index (χ4v) is 3.24. The summed E-state index contributed by atoms with van der Waals surface area (Å²) in [5, 5.41) is 4.41. The van der Waals surface area contributed by atoms with E-state index in [0.29, 0.717) is 12.1 Å². The summed E-state index contributed by atoms with van der Waals surface area (Å²) in [4.78, 5) is 2.44. The number of halogens is 2. The van der Waals surface area contributed by atoms with Crippen LogP contribution in [0, 0.1) is 6.92 Å². The molecule has 1 aromatic carbocycles. The van der Waals surface area contributed by atoms with E-state index in [1.807, 2.05) is 6.92 Å². The lowest BCUT2D eigenvalue weighted by Gasteiger charge is -2.40. The Labute approximate surface area is 123 Å². The van der Waals surface area contributed by atoms with Gasteiger partial charge in [0, 0.05) is 34.7 Å². The molecule has 0 radical (unpaired) electrons. The third-order valence-electron chi connectivity index (χ3n) is 3.68. The highest BCUT2D eigenvalue weighted by molar-refractivity contribution is 9.10. The van der Waals surface area contributed by atoms with Crippen LogP contribution in [0.25, 0.3) is 0 Å². The second kappa shape index (κ2) is 5.81. The lowest BCUT2D eigenvalue weighted by atomic mass is 10.1. The molecule has 1 aromatic rings. The Bertz CT molecular complexity index is 436. The molecule has 0 aliphatic carbocycles. The molecule has 1 saturated heterocycles. The monoisotopic (exact) mass is 330 g/mol. The number of nitrogens with zero attached hydrogens (tertiary/aromatic N) is 1. The maximum Gasteiger partial charge on any atom is 0.0529 e. The topological polar surface area (TPSA) is 15.3 Å². The van der Waals surface area contributed by atoms with Gasteiger partial charge in [-0.05, 0) is 53.9 Å². The van der Waals surface area contributed by atoms with Crippen LogP contribution in [0.1, 0.15) is 25.8 Å². The molecule has 0 aromatic heterocycles. The Morgan fingerprint density at radius 1 is 1.50 bits per heavy atom. The molecular formula is C14H20BrClN2. The summed E-state index contributed by atoms with van der Waals surface area (Å²) in [5.74, 6) is 0. The fourth-order valence-electron chi connectivity index (χ4n) is 2.39. The Morgan fingerprint density at radius 2 is 2.22 bits per heavy atom. The number of benzene rings is 1. The first-order valence-electron chi connectivity index (χ1n) is 6.48. The van der Waals surface area contributed by atoms with Crippen molar-refractivity contribution in [2.75, 3.05) is 18.0 Å². The predicted molar refractivity (Wildman–Crippen MR) is 82.8 cm³/mol. The van der Waals surface area contributed by atoms with E-state index in [2.05, 4.69) is 52.1 Å². The molecule has 18 heavy (non-hydrogen) atoms. The molecule has 4 heteroatoms. The molecule has 0 amide bonds. The zero-order valence-corrected chi connectivity index (χ0v) is 13.5. The summed E-state index contributed by atoms with van der Waals surface area (Å²) in [6, 6.07) is 5.24. The van der Waals surface area contributed by atoms with Crippen LogP contribution in [0.3, 0.4) is 0 Å². The van der Waals surface area contributed by atoms with Crippen molar-refractivity contribution in [3.63, 3.8) is 0 Å². The van der Waals surface area contributed by atoms with Crippen LogP contribution in [0.5, 0.6) is 0 Å². The average molecular weight is 332 g/mol. The zero-order valence-electron chi connectivity index (χ0n) is 11.1. The van der Waals surface area contributed by atoms with Crippen molar-refractivity contribution in [3.8, 4) is 0 Å². The summed E-state index contributed by atoms with van der Waals surface area (Å²) in [7, 11) is 0. The maximum absolute atomic E-state index is 6.26. The smallest absolute Gasteiger partial charge is 0.0529 e. The van der Waals surface area contributed by atoms with E-state index in [1.165, 1.54) is 5.69 Å². The normalized spacial score (nSPS) is 24.4. The fraction of sp³-hybridized carbons (Fsp3) is 0.571. The summed E-state index contributed by atoms with van der Waals surface area (Å²) < 4.78 is 1.13. The van der Waals surface area contributed by atoms with Gasteiger partial charge >= 0.3 is 0 Å². The van der Waals surface area contributed by atoms with Crippen molar-refractivity contribution in [2.24, 2.45) is 0 Å². The SMILES string of the molecule is CCC1CN(c2cc(Cl)c(C)cc2Br)C(C)CN1. The highest BCUT2D eigenvalue weighted by Crippen LogP contribution is 2.34. The molecule has 0 bridgehead atoms. The molecule has 100 valence electrons. The van der Waals surface area contributed by atoms with Crippen molar-refractivity contribution in [1.29, 1.82) is 0 Å². The minimum Gasteiger partial charge on any atom is -0.365 e. The van der Waals surface area contributed by atoms with E-state index in [0.717, 1.165) is 34.6 Å². The van der Waals surface area contributed by atoms with Gasteiger partial charge in [-0.1, -0.05) is 18.5 Å². The number of rotatable bonds is 2. The minimum absolute atomic E-state index is 0.489. The van der Waals surface area contributed by atoms with Crippen LogP contribution in [-0.4, -0.2) is 25.2 Å². The first-order valence-corrected chi connectivity index (χ1v) is 7.65. The zero-order chi connectivity index (χ0) is 13.3. The lowest BCUT2D eigenvalue weighted by molar-refractivity contribution is 0.397. The van der Waals surface area contributed by atoms with Gasteiger partial charge in [0.2, 0.25) is 0 Å². The molecule has 1 aliphatic rings. The van der Waals surface area contributed by atoms with Crippen molar-refractivity contribution < 1.29 is 0 Å². The molecule has 2 rings (SSSR count). The van der Waals surface area contributed by atoms with Gasteiger partial charge < -0.3 is 10.2 Å². The number of hydrogen-bond donors (Lipinski definition) is 1. The van der Waals surface area contributed by atoms with E-state index in [-0.39, 0.29) is 0 Å². The van der Waals surface area contributed by atoms with E-state index in [4.69, 9.17) is 11.6 Å². The van der Waals surface area contributed by atoms with Gasteiger partial charge in [0.25, 0.3) is 0 Å². The van der Waals surface area contributed by atoms with Crippen molar-refractivity contribution in [1.82, 2.24) is 5.32 Å². The average Bonchev–Trinajstić information content (AvgIpc) is 2.35. The van der Waals surface area contributed by atoms with Gasteiger partial charge in [0.1, 0.15) is 0 Å². The van der Waals surface area contributed by atoms with E-state index < -0.39 is 0 Å². The van der Waals surface area contributed by atoms with Crippen LogP contribution < -0.4 is 10.2 Å².